The minimum atomic E-state index is -0.823. The van der Waals surface area contributed by atoms with Gasteiger partial charge in [-0.15, -0.1) is 0 Å². The molecule has 0 unspecified atom stereocenters. The van der Waals surface area contributed by atoms with E-state index in [1.54, 1.807) is 18.7 Å². The van der Waals surface area contributed by atoms with Crippen LogP contribution in [-0.4, -0.2) is 29.8 Å². The van der Waals surface area contributed by atoms with Gasteiger partial charge in [0.15, 0.2) is 0 Å². The number of rotatable bonds is 3. The first-order valence-electron chi connectivity index (χ1n) is 5.84. The first kappa shape index (κ1) is 13.5. The molecule has 1 saturated heterocycles. The number of piperidine rings is 1. The maximum Gasteiger partial charge on any atom is 0.223 e. The summed E-state index contributed by atoms with van der Waals surface area (Å²) in [6, 6.07) is 2.19. The first-order chi connectivity index (χ1) is 7.86. The van der Waals surface area contributed by atoms with Crippen LogP contribution in [0.5, 0.6) is 0 Å². The van der Waals surface area contributed by atoms with Crippen LogP contribution in [0.2, 0.25) is 0 Å². The highest BCUT2D eigenvalue weighted by Crippen LogP contribution is 2.23. The Morgan fingerprint density at radius 2 is 2.18 bits per heavy atom. The third-order valence-electron chi connectivity index (χ3n) is 3.22. The molecule has 94 valence electrons. The summed E-state index contributed by atoms with van der Waals surface area (Å²) in [4.78, 5) is 24.8. The van der Waals surface area contributed by atoms with Gasteiger partial charge in [-0.25, -0.2) is 0 Å². The number of nitrogens with two attached hydrogens (primary N) is 1. The van der Waals surface area contributed by atoms with Gasteiger partial charge in [0, 0.05) is 19.5 Å². The summed E-state index contributed by atoms with van der Waals surface area (Å²) < 4.78 is 0. The molecular weight excluding hydrogens is 218 g/mol. The minimum Gasteiger partial charge on any atom is -0.369 e. The minimum absolute atomic E-state index is 0.0793. The molecule has 0 bridgehead atoms. The average molecular weight is 237 g/mol. The van der Waals surface area contributed by atoms with Crippen molar-refractivity contribution >= 4 is 11.8 Å². The molecule has 2 amide bonds. The number of nitriles is 1. The smallest absolute Gasteiger partial charge is 0.223 e. The maximum absolute atomic E-state index is 12.0. The van der Waals surface area contributed by atoms with E-state index in [0.717, 1.165) is 12.8 Å². The van der Waals surface area contributed by atoms with Gasteiger partial charge in [-0.2, -0.15) is 5.26 Å². The van der Waals surface area contributed by atoms with E-state index in [2.05, 4.69) is 6.07 Å². The van der Waals surface area contributed by atoms with Crippen molar-refractivity contribution in [3.63, 3.8) is 0 Å². The van der Waals surface area contributed by atoms with Gasteiger partial charge < -0.3 is 10.6 Å². The van der Waals surface area contributed by atoms with Gasteiger partial charge >= 0.3 is 0 Å². The lowest BCUT2D eigenvalue weighted by molar-refractivity contribution is -0.139. The summed E-state index contributed by atoms with van der Waals surface area (Å²) in [5, 5.41) is 8.85. The Kier molecular flexibility index (Phi) is 4.11. The largest absolute Gasteiger partial charge is 0.369 e. The van der Waals surface area contributed by atoms with Gasteiger partial charge in [-0.3, -0.25) is 9.59 Å². The highest BCUT2D eigenvalue weighted by atomic mass is 16.2. The molecule has 2 N–H and O–H groups in total. The molecule has 0 aromatic rings. The molecule has 1 rings (SSSR count). The molecule has 1 aliphatic rings. The summed E-state index contributed by atoms with van der Waals surface area (Å²) >= 11 is 0. The zero-order valence-corrected chi connectivity index (χ0v) is 10.4. The number of carbonyl (C=O) groups excluding carboxylic acids is 2. The van der Waals surface area contributed by atoms with E-state index in [1.807, 2.05) is 0 Å². The lowest BCUT2D eigenvalue weighted by Gasteiger charge is -2.32. The van der Waals surface area contributed by atoms with Crippen LogP contribution in [0.3, 0.4) is 0 Å². The molecular formula is C12H19N3O2. The van der Waals surface area contributed by atoms with Crippen LogP contribution in [0.15, 0.2) is 0 Å². The fourth-order valence-corrected chi connectivity index (χ4v) is 1.89. The van der Waals surface area contributed by atoms with Crippen LogP contribution in [0.25, 0.3) is 0 Å². The third-order valence-corrected chi connectivity index (χ3v) is 3.22. The van der Waals surface area contributed by atoms with Gasteiger partial charge in [0.25, 0.3) is 0 Å². The maximum atomic E-state index is 12.0. The number of primary amides is 1. The molecule has 1 atom stereocenters. The van der Waals surface area contributed by atoms with Crippen LogP contribution in [-0.2, 0) is 9.59 Å². The predicted octanol–water partition coefficient (Wildman–Crippen LogP) is 0.650. The second-order valence-corrected chi connectivity index (χ2v) is 5.23. The molecule has 0 saturated carbocycles. The topological polar surface area (TPSA) is 87.2 Å². The van der Waals surface area contributed by atoms with Gasteiger partial charge in [0.05, 0.1) is 17.4 Å². The molecule has 1 aliphatic heterocycles. The summed E-state index contributed by atoms with van der Waals surface area (Å²) in [6.45, 7) is 4.48. The molecule has 0 radical (unpaired) electrons. The van der Waals surface area contributed by atoms with Crippen molar-refractivity contribution in [1.29, 1.82) is 5.26 Å². The van der Waals surface area contributed by atoms with E-state index in [4.69, 9.17) is 11.0 Å². The zero-order chi connectivity index (χ0) is 13.1. The second kappa shape index (κ2) is 5.17. The van der Waals surface area contributed by atoms with Gasteiger partial charge in [0.1, 0.15) is 0 Å². The van der Waals surface area contributed by atoms with E-state index in [-0.39, 0.29) is 18.2 Å². The van der Waals surface area contributed by atoms with E-state index in [1.165, 1.54) is 0 Å². The van der Waals surface area contributed by atoms with Crippen LogP contribution >= 0.6 is 0 Å². The molecule has 1 heterocycles. The zero-order valence-electron chi connectivity index (χ0n) is 10.4. The van der Waals surface area contributed by atoms with Gasteiger partial charge in [-0.05, 0) is 12.8 Å². The number of nitrogens with zero attached hydrogens (tertiary/aromatic N) is 2. The molecule has 5 heteroatoms. The molecule has 5 nitrogen and oxygen atoms in total. The summed E-state index contributed by atoms with van der Waals surface area (Å²) in [7, 11) is 0. The lowest BCUT2D eigenvalue weighted by Crippen LogP contribution is -2.43. The highest BCUT2D eigenvalue weighted by Gasteiger charge is 2.32. The van der Waals surface area contributed by atoms with Gasteiger partial charge in [0.2, 0.25) is 11.8 Å². The van der Waals surface area contributed by atoms with Crippen molar-refractivity contribution in [2.75, 3.05) is 13.1 Å². The van der Waals surface area contributed by atoms with Gasteiger partial charge in [-0.1, -0.05) is 13.8 Å². The molecule has 0 spiro atoms. The number of hydrogen-bond donors (Lipinski definition) is 1. The number of amides is 2. The Labute approximate surface area is 102 Å². The molecule has 17 heavy (non-hydrogen) atoms. The Bertz CT molecular complexity index is 357. The Morgan fingerprint density at radius 1 is 1.53 bits per heavy atom. The predicted molar refractivity (Wildman–Crippen MR) is 62.5 cm³/mol. The SMILES string of the molecule is CC(C)(CC(=O)N1CCC[C@@H](C#N)C1)C(N)=O. The monoisotopic (exact) mass is 237 g/mol. The quantitative estimate of drug-likeness (QED) is 0.781. The van der Waals surface area contributed by atoms with E-state index in [9.17, 15) is 9.59 Å². The number of carbonyl (C=O) groups is 2. The van der Waals surface area contributed by atoms with Crippen molar-refractivity contribution in [3.8, 4) is 6.07 Å². The highest BCUT2D eigenvalue weighted by molar-refractivity contribution is 5.87. The van der Waals surface area contributed by atoms with Crippen LogP contribution in [0, 0.1) is 22.7 Å². The van der Waals surface area contributed by atoms with Crippen molar-refractivity contribution in [1.82, 2.24) is 4.90 Å². The molecule has 0 aromatic heterocycles. The van der Waals surface area contributed by atoms with Crippen molar-refractivity contribution in [2.45, 2.75) is 33.1 Å². The Morgan fingerprint density at radius 3 is 2.71 bits per heavy atom. The van der Waals surface area contributed by atoms with Crippen molar-refractivity contribution in [2.24, 2.45) is 17.1 Å². The summed E-state index contributed by atoms with van der Waals surface area (Å²) in [5.74, 6) is -0.641. The standard InChI is InChI=1S/C12H19N3O2/c1-12(2,11(14)17)6-10(16)15-5-3-4-9(7-13)8-15/h9H,3-6,8H2,1-2H3,(H2,14,17)/t9-/m0/s1. The molecule has 0 aliphatic carbocycles. The Balaban J connectivity index is 2.59. The second-order valence-electron chi connectivity index (χ2n) is 5.23. The van der Waals surface area contributed by atoms with Crippen LogP contribution in [0.4, 0.5) is 0 Å². The van der Waals surface area contributed by atoms with Crippen molar-refractivity contribution in [3.05, 3.63) is 0 Å². The normalized spacial score (nSPS) is 20.8. The number of likely N-dealkylation sites (tertiary alicyclic amines) is 1. The average Bonchev–Trinajstić information content (AvgIpc) is 2.28. The Hall–Kier alpha value is -1.57. The molecule has 1 fully saturated rings. The van der Waals surface area contributed by atoms with E-state index in [0.29, 0.717) is 13.1 Å². The van der Waals surface area contributed by atoms with Crippen LogP contribution in [0.1, 0.15) is 33.1 Å². The van der Waals surface area contributed by atoms with Crippen molar-refractivity contribution < 1.29 is 9.59 Å². The fourth-order valence-electron chi connectivity index (χ4n) is 1.89. The first-order valence-corrected chi connectivity index (χ1v) is 5.84. The fraction of sp³-hybridized carbons (Fsp3) is 0.750. The summed E-state index contributed by atoms with van der Waals surface area (Å²) in [5.41, 5.74) is 4.42. The summed E-state index contributed by atoms with van der Waals surface area (Å²) in [6.07, 6.45) is 1.81. The van der Waals surface area contributed by atoms with E-state index < -0.39 is 11.3 Å². The molecule has 0 aromatic carbocycles. The third kappa shape index (κ3) is 3.45. The lowest BCUT2D eigenvalue weighted by atomic mass is 9.87. The number of hydrogen-bond acceptors (Lipinski definition) is 3. The van der Waals surface area contributed by atoms with Crippen LogP contribution < -0.4 is 5.73 Å². The van der Waals surface area contributed by atoms with E-state index >= 15 is 0 Å².